The summed E-state index contributed by atoms with van der Waals surface area (Å²) in [4.78, 5) is 12.6. The summed E-state index contributed by atoms with van der Waals surface area (Å²) in [7, 11) is 0. The number of carbonyl (C=O) groups is 1. The van der Waals surface area contributed by atoms with Gasteiger partial charge < -0.3 is 5.32 Å². The SMILES string of the molecule is N#Cc1cnn(-c2ccccc2)c1NC(=O)c1ccn(Cn2cccn2)n1. The maximum atomic E-state index is 12.6. The van der Waals surface area contributed by atoms with E-state index in [0.29, 0.717) is 12.5 Å². The first kappa shape index (κ1) is 16.3. The number of para-hydroxylation sites is 1. The zero-order chi connectivity index (χ0) is 18.6. The quantitative estimate of drug-likeness (QED) is 0.586. The van der Waals surface area contributed by atoms with Crippen LogP contribution in [0.4, 0.5) is 5.82 Å². The molecular formula is C18H14N8O. The molecule has 0 bridgehead atoms. The van der Waals surface area contributed by atoms with Gasteiger partial charge in [0.2, 0.25) is 0 Å². The summed E-state index contributed by atoms with van der Waals surface area (Å²) in [6.07, 6.45) is 6.58. The molecule has 0 radical (unpaired) electrons. The number of nitrogens with one attached hydrogen (secondary N) is 1. The molecule has 1 amide bonds. The van der Waals surface area contributed by atoms with Gasteiger partial charge in [0.25, 0.3) is 5.91 Å². The molecule has 9 nitrogen and oxygen atoms in total. The number of anilines is 1. The number of hydrogen-bond acceptors (Lipinski definition) is 5. The fraction of sp³-hybridized carbons (Fsp3) is 0.0556. The number of nitriles is 1. The van der Waals surface area contributed by atoms with Crippen LogP contribution in [-0.2, 0) is 6.67 Å². The third-order valence-corrected chi connectivity index (χ3v) is 3.84. The van der Waals surface area contributed by atoms with E-state index in [0.717, 1.165) is 5.69 Å². The van der Waals surface area contributed by atoms with Crippen molar-refractivity contribution in [2.45, 2.75) is 6.67 Å². The molecule has 27 heavy (non-hydrogen) atoms. The smallest absolute Gasteiger partial charge is 0.277 e. The predicted molar refractivity (Wildman–Crippen MR) is 96.1 cm³/mol. The Labute approximate surface area is 154 Å². The Kier molecular flexibility index (Phi) is 4.20. The van der Waals surface area contributed by atoms with Crippen LogP contribution in [0.15, 0.2) is 67.3 Å². The Bertz CT molecular complexity index is 1100. The van der Waals surface area contributed by atoms with Gasteiger partial charge in [-0.25, -0.2) is 4.68 Å². The predicted octanol–water partition coefficient (Wildman–Crippen LogP) is 1.90. The molecule has 3 heterocycles. The lowest BCUT2D eigenvalue weighted by molar-refractivity contribution is 0.102. The lowest BCUT2D eigenvalue weighted by atomic mass is 10.3. The van der Waals surface area contributed by atoms with E-state index in [1.165, 1.54) is 10.9 Å². The average molecular weight is 358 g/mol. The van der Waals surface area contributed by atoms with E-state index in [2.05, 4.69) is 20.6 Å². The molecule has 0 aliphatic heterocycles. The van der Waals surface area contributed by atoms with Crippen LogP contribution in [0.5, 0.6) is 0 Å². The molecule has 0 aliphatic carbocycles. The monoisotopic (exact) mass is 358 g/mol. The van der Waals surface area contributed by atoms with E-state index >= 15 is 0 Å². The number of rotatable bonds is 5. The second-order valence-corrected chi connectivity index (χ2v) is 5.65. The highest BCUT2D eigenvalue weighted by Crippen LogP contribution is 2.20. The molecule has 1 aromatic carbocycles. The maximum absolute atomic E-state index is 12.6. The normalized spacial score (nSPS) is 10.5. The minimum absolute atomic E-state index is 0.229. The number of aromatic nitrogens is 6. The molecule has 1 N–H and O–H groups in total. The van der Waals surface area contributed by atoms with Crippen LogP contribution in [0.1, 0.15) is 16.1 Å². The Hall–Kier alpha value is -4.19. The highest BCUT2D eigenvalue weighted by Gasteiger charge is 2.17. The maximum Gasteiger partial charge on any atom is 0.277 e. The summed E-state index contributed by atoms with van der Waals surface area (Å²) in [5.41, 5.74) is 1.23. The minimum Gasteiger partial charge on any atom is -0.304 e. The third kappa shape index (κ3) is 3.32. The van der Waals surface area contributed by atoms with Gasteiger partial charge in [-0.05, 0) is 24.3 Å². The first-order valence-electron chi connectivity index (χ1n) is 8.10. The molecule has 0 saturated heterocycles. The topological polar surface area (TPSA) is 106 Å². The number of benzene rings is 1. The van der Waals surface area contributed by atoms with E-state index in [1.54, 1.807) is 34.0 Å². The van der Waals surface area contributed by atoms with E-state index < -0.39 is 5.91 Å². The largest absolute Gasteiger partial charge is 0.304 e. The highest BCUT2D eigenvalue weighted by atomic mass is 16.2. The molecule has 3 aromatic heterocycles. The number of hydrogen-bond donors (Lipinski definition) is 1. The molecule has 4 rings (SSSR count). The van der Waals surface area contributed by atoms with Crippen LogP contribution in [0, 0.1) is 11.3 Å². The molecule has 9 heteroatoms. The fourth-order valence-corrected chi connectivity index (χ4v) is 2.58. The lowest BCUT2D eigenvalue weighted by Crippen LogP contribution is -2.17. The first-order chi connectivity index (χ1) is 13.2. The molecule has 0 spiro atoms. The molecule has 0 fully saturated rings. The first-order valence-corrected chi connectivity index (χ1v) is 8.10. The minimum atomic E-state index is -0.427. The summed E-state index contributed by atoms with van der Waals surface area (Å²) < 4.78 is 4.80. The third-order valence-electron chi connectivity index (χ3n) is 3.84. The Morgan fingerprint density at radius 1 is 1.07 bits per heavy atom. The lowest BCUT2D eigenvalue weighted by Gasteiger charge is -2.08. The summed E-state index contributed by atoms with van der Waals surface area (Å²) in [6.45, 7) is 0.395. The van der Waals surface area contributed by atoms with E-state index in [1.807, 2.05) is 42.5 Å². The second kappa shape index (κ2) is 6.97. The standard InChI is InChI=1S/C18H14N8O/c19-11-14-12-21-26(15-5-2-1-3-6-15)17(14)22-18(27)16-7-10-25(23-16)13-24-9-4-8-20-24/h1-10,12H,13H2,(H,22,27). The van der Waals surface area contributed by atoms with Crippen LogP contribution < -0.4 is 5.32 Å². The van der Waals surface area contributed by atoms with Gasteiger partial charge in [0.05, 0.1) is 11.9 Å². The van der Waals surface area contributed by atoms with Gasteiger partial charge >= 0.3 is 0 Å². The summed E-state index contributed by atoms with van der Waals surface area (Å²) in [5, 5.41) is 24.6. The summed E-state index contributed by atoms with van der Waals surface area (Å²) in [6, 6.07) is 14.7. The van der Waals surface area contributed by atoms with Gasteiger partial charge in [-0.2, -0.15) is 20.6 Å². The average Bonchev–Trinajstić information content (AvgIpc) is 3.44. The molecule has 0 aliphatic rings. The molecule has 0 unspecified atom stereocenters. The second-order valence-electron chi connectivity index (χ2n) is 5.65. The van der Waals surface area contributed by atoms with Crippen molar-refractivity contribution >= 4 is 11.7 Å². The molecule has 4 aromatic rings. The number of carbonyl (C=O) groups excluding carboxylic acids is 1. The van der Waals surface area contributed by atoms with Crippen molar-refractivity contribution in [3.05, 3.63) is 78.5 Å². The van der Waals surface area contributed by atoms with Crippen molar-refractivity contribution in [1.82, 2.24) is 29.3 Å². The van der Waals surface area contributed by atoms with Crippen molar-refractivity contribution in [3.63, 3.8) is 0 Å². The van der Waals surface area contributed by atoms with Gasteiger partial charge in [0, 0.05) is 18.6 Å². The van der Waals surface area contributed by atoms with Crippen molar-refractivity contribution in [1.29, 1.82) is 5.26 Å². The highest BCUT2D eigenvalue weighted by molar-refractivity contribution is 6.03. The van der Waals surface area contributed by atoms with E-state index in [4.69, 9.17) is 0 Å². The summed E-state index contributed by atoms with van der Waals surface area (Å²) in [5.74, 6) is -0.126. The fourth-order valence-electron chi connectivity index (χ4n) is 2.58. The van der Waals surface area contributed by atoms with Crippen molar-refractivity contribution < 1.29 is 4.79 Å². The van der Waals surface area contributed by atoms with Gasteiger partial charge in [0.1, 0.15) is 18.3 Å². The molecule has 132 valence electrons. The van der Waals surface area contributed by atoms with Crippen LogP contribution in [0.2, 0.25) is 0 Å². The van der Waals surface area contributed by atoms with Gasteiger partial charge in [-0.15, -0.1) is 0 Å². The van der Waals surface area contributed by atoms with Crippen LogP contribution in [0.3, 0.4) is 0 Å². The number of amides is 1. The number of nitrogens with zero attached hydrogens (tertiary/aromatic N) is 7. The zero-order valence-electron chi connectivity index (χ0n) is 14.1. The van der Waals surface area contributed by atoms with Gasteiger partial charge in [-0.3, -0.25) is 14.2 Å². The molecular weight excluding hydrogens is 344 g/mol. The van der Waals surface area contributed by atoms with E-state index in [9.17, 15) is 10.1 Å². The van der Waals surface area contributed by atoms with Crippen molar-refractivity contribution in [2.75, 3.05) is 5.32 Å². The molecule has 0 saturated carbocycles. The molecule has 0 atom stereocenters. The van der Waals surface area contributed by atoms with Gasteiger partial charge in [-0.1, -0.05) is 18.2 Å². The Morgan fingerprint density at radius 3 is 2.67 bits per heavy atom. The van der Waals surface area contributed by atoms with Crippen molar-refractivity contribution in [2.24, 2.45) is 0 Å². The zero-order valence-corrected chi connectivity index (χ0v) is 14.1. The van der Waals surface area contributed by atoms with Crippen LogP contribution >= 0.6 is 0 Å². The Balaban J connectivity index is 1.58. The van der Waals surface area contributed by atoms with Gasteiger partial charge in [0.15, 0.2) is 11.5 Å². The summed E-state index contributed by atoms with van der Waals surface area (Å²) >= 11 is 0. The van der Waals surface area contributed by atoms with Crippen LogP contribution in [-0.4, -0.2) is 35.2 Å². The van der Waals surface area contributed by atoms with Crippen molar-refractivity contribution in [3.8, 4) is 11.8 Å². The van der Waals surface area contributed by atoms with E-state index in [-0.39, 0.29) is 11.3 Å². The Morgan fingerprint density at radius 2 is 1.93 bits per heavy atom. The van der Waals surface area contributed by atoms with Crippen LogP contribution in [0.25, 0.3) is 5.69 Å².